The van der Waals surface area contributed by atoms with Crippen molar-refractivity contribution in [3.8, 4) is 5.82 Å². The Balaban J connectivity index is 1.92. The van der Waals surface area contributed by atoms with Gasteiger partial charge in [0.1, 0.15) is 22.6 Å². The molecule has 0 saturated carbocycles. The van der Waals surface area contributed by atoms with Crippen molar-refractivity contribution in [3.63, 3.8) is 0 Å². The second-order valence-electron chi connectivity index (χ2n) is 8.05. The minimum atomic E-state index is -5.11. The zero-order chi connectivity index (χ0) is 28.5. The number of hydrogen-bond acceptors (Lipinski definition) is 7. The lowest BCUT2D eigenvalue weighted by Crippen LogP contribution is -2.29. The topological polar surface area (TPSA) is 118 Å². The van der Waals surface area contributed by atoms with Crippen LogP contribution in [0.3, 0.4) is 0 Å². The number of aromatic nitrogens is 5. The fraction of sp³-hybridized carbons (Fsp3) is 0.381. The average molecular weight is 565 g/mol. The van der Waals surface area contributed by atoms with Crippen LogP contribution in [0, 0.1) is 0 Å². The molecule has 0 aliphatic carbocycles. The van der Waals surface area contributed by atoms with Crippen molar-refractivity contribution in [2.24, 2.45) is 4.36 Å². The van der Waals surface area contributed by atoms with Gasteiger partial charge in [0.2, 0.25) is 0 Å². The number of nitrogens with zero attached hydrogens (tertiary/aromatic N) is 7. The maximum Gasteiger partial charge on any atom is 0.416 e. The molecule has 10 nitrogen and oxygen atoms in total. The number of nitrogens with one attached hydrogen (secondary N) is 1. The van der Waals surface area contributed by atoms with E-state index in [9.17, 15) is 35.3 Å². The average Bonchev–Trinajstić information content (AvgIpc) is 3.32. The van der Waals surface area contributed by atoms with Crippen LogP contribution >= 0.6 is 0 Å². The Morgan fingerprint density at radius 3 is 2.21 bits per heavy atom. The van der Waals surface area contributed by atoms with E-state index in [1.54, 1.807) is 14.0 Å². The first kappa shape index (κ1) is 29.0. The van der Waals surface area contributed by atoms with E-state index in [4.69, 9.17) is 0 Å². The van der Waals surface area contributed by atoms with Gasteiger partial charge in [-0.05, 0) is 25.1 Å². The van der Waals surface area contributed by atoms with Gasteiger partial charge in [-0.2, -0.15) is 40.5 Å². The van der Waals surface area contributed by atoms with Crippen molar-refractivity contribution >= 4 is 21.6 Å². The molecule has 0 saturated heterocycles. The van der Waals surface area contributed by atoms with Gasteiger partial charge in [0, 0.05) is 31.5 Å². The highest BCUT2D eigenvalue weighted by Gasteiger charge is 2.37. The van der Waals surface area contributed by atoms with Crippen LogP contribution in [-0.4, -0.2) is 59.0 Å². The van der Waals surface area contributed by atoms with E-state index in [0.29, 0.717) is 18.7 Å². The van der Waals surface area contributed by atoms with Crippen molar-refractivity contribution in [2.45, 2.75) is 32.2 Å². The smallest absolute Gasteiger partial charge is 0.342 e. The van der Waals surface area contributed by atoms with Gasteiger partial charge in [-0.15, -0.1) is 0 Å². The van der Waals surface area contributed by atoms with E-state index in [-0.39, 0.29) is 23.5 Å². The SMILES string of the molecule is CCN(C)S(C)(=O)=Nc1cc(-n2ncnc2[C@H](C)NC(=O)c2cc(C(F)(F)F)cc(C(F)(F)F)c2)ncn1. The first-order valence-electron chi connectivity index (χ1n) is 10.8. The Morgan fingerprint density at radius 1 is 1.05 bits per heavy atom. The highest BCUT2D eigenvalue weighted by Crippen LogP contribution is 2.36. The van der Waals surface area contributed by atoms with E-state index < -0.39 is 50.9 Å². The standard InChI is InChI=1S/C21H22F6N8O2S/c1-5-34(3)38(4,37)33-16-9-17(29-10-28-16)35-18(30-11-31-35)12(2)32-19(36)13-6-14(20(22,23)24)8-15(7-13)21(25,26)27/h6-12H,5H2,1-4H3,(H,32,36)/t12-,38?/m0/s1. The molecule has 0 aliphatic heterocycles. The molecule has 1 N–H and O–H groups in total. The predicted molar refractivity (Wildman–Crippen MR) is 124 cm³/mol. The molecule has 2 heterocycles. The molecular formula is C21H22F6N8O2S. The van der Waals surface area contributed by atoms with Crippen LogP contribution in [0.1, 0.15) is 47.2 Å². The van der Waals surface area contributed by atoms with Crippen LogP contribution in [0.4, 0.5) is 32.2 Å². The molecule has 2 atom stereocenters. The molecule has 0 aliphatic rings. The fourth-order valence-electron chi connectivity index (χ4n) is 3.14. The molecule has 0 bridgehead atoms. The third-order valence-corrected chi connectivity index (χ3v) is 7.24. The van der Waals surface area contributed by atoms with E-state index in [0.717, 1.165) is 12.7 Å². The number of amides is 1. The summed E-state index contributed by atoms with van der Waals surface area (Å²) in [5.41, 5.74) is -4.08. The number of alkyl halides is 6. The summed E-state index contributed by atoms with van der Waals surface area (Å²) >= 11 is 0. The highest BCUT2D eigenvalue weighted by atomic mass is 32.2. The summed E-state index contributed by atoms with van der Waals surface area (Å²) in [6.07, 6.45) is -6.55. The molecule has 3 rings (SSSR count). The van der Waals surface area contributed by atoms with Gasteiger partial charge in [0.05, 0.1) is 17.2 Å². The maximum atomic E-state index is 13.2. The van der Waals surface area contributed by atoms with Gasteiger partial charge in [0.15, 0.2) is 17.5 Å². The first-order chi connectivity index (χ1) is 17.5. The molecule has 1 aromatic carbocycles. The molecular weight excluding hydrogens is 542 g/mol. The Kier molecular flexibility index (Phi) is 8.11. The Morgan fingerprint density at radius 2 is 1.66 bits per heavy atom. The molecule has 17 heteroatoms. The minimum Gasteiger partial charge on any atom is -0.342 e. The van der Waals surface area contributed by atoms with Gasteiger partial charge in [-0.1, -0.05) is 6.92 Å². The minimum absolute atomic E-state index is 0.0499. The first-order valence-corrected chi connectivity index (χ1v) is 12.7. The summed E-state index contributed by atoms with van der Waals surface area (Å²) < 4.78 is 98.6. The van der Waals surface area contributed by atoms with E-state index in [1.807, 2.05) is 0 Å². The zero-order valence-corrected chi connectivity index (χ0v) is 21.2. The number of hydrogen-bond donors (Lipinski definition) is 1. The summed E-state index contributed by atoms with van der Waals surface area (Å²) in [5.74, 6) is -0.978. The van der Waals surface area contributed by atoms with Crippen LogP contribution in [0.25, 0.3) is 5.82 Å². The van der Waals surface area contributed by atoms with Crippen LogP contribution in [0.5, 0.6) is 0 Å². The van der Waals surface area contributed by atoms with Crippen LogP contribution in [0.15, 0.2) is 41.3 Å². The quantitative estimate of drug-likeness (QED) is 0.430. The molecule has 2 aromatic heterocycles. The molecule has 0 radical (unpaired) electrons. The zero-order valence-electron chi connectivity index (χ0n) is 20.4. The van der Waals surface area contributed by atoms with Crippen molar-refractivity contribution in [2.75, 3.05) is 19.8 Å². The molecule has 1 unspecified atom stereocenters. The number of benzene rings is 1. The maximum absolute atomic E-state index is 13.2. The van der Waals surface area contributed by atoms with Gasteiger partial charge in [0.25, 0.3) is 5.91 Å². The Hall–Kier alpha value is -3.60. The number of carbonyl (C=O) groups excluding carboxylic acids is 1. The third-order valence-electron chi connectivity index (χ3n) is 5.30. The van der Waals surface area contributed by atoms with Crippen molar-refractivity contribution < 1.29 is 35.3 Å². The molecule has 38 heavy (non-hydrogen) atoms. The van der Waals surface area contributed by atoms with Gasteiger partial charge in [-0.25, -0.2) is 23.5 Å². The van der Waals surface area contributed by atoms with Crippen molar-refractivity contribution in [1.29, 1.82) is 0 Å². The summed E-state index contributed by atoms with van der Waals surface area (Å²) in [7, 11) is -1.17. The molecule has 0 fully saturated rings. The second-order valence-corrected chi connectivity index (χ2v) is 10.4. The number of carbonyl (C=O) groups is 1. The predicted octanol–water partition coefficient (Wildman–Crippen LogP) is 4.18. The second kappa shape index (κ2) is 10.6. The van der Waals surface area contributed by atoms with Crippen molar-refractivity contribution in [1.82, 2.24) is 34.4 Å². The lowest BCUT2D eigenvalue weighted by atomic mass is 10.0. The van der Waals surface area contributed by atoms with E-state index >= 15 is 0 Å². The van der Waals surface area contributed by atoms with E-state index in [1.165, 1.54) is 28.2 Å². The molecule has 0 spiro atoms. The highest BCUT2D eigenvalue weighted by molar-refractivity contribution is 7.90. The number of halogens is 6. The normalized spacial score (nSPS) is 14.7. The van der Waals surface area contributed by atoms with Crippen LogP contribution < -0.4 is 5.32 Å². The van der Waals surface area contributed by atoms with Crippen LogP contribution in [0.2, 0.25) is 0 Å². The number of rotatable bonds is 7. The summed E-state index contributed by atoms with van der Waals surface area (Å²) in [5, 5.41) is 6.34. The Bertz CT molecular complexity index is 1410. The largest absolute Gasteiger partial charge is 0.416 e. The summed E-state index contributed by atoms with van der Waals surface area (Å²) in [4.78, 5) is 24.7. The van der Waals surface area contributed by atoms with Crippen LogP contribution in [-0.2, 0) is 22.3 Å². The molecule has 206 valence electrons. The van der Waals surface area contributed by atoms with E-state index in [2.05, 4.69) is 29.7 Å². The van der Waals surface area contributed by atoms with Gasteiger partial charge >= 0.3 is 12.4 Å². The lowest BCUT2D eigenvalue weighted by Gasteiger charge is -2.17. The molecule has 1 amide bonds. The summed E-state index contributed by atoms with van der Waals surface area (Å²) in [6.45, 7) is 3.65. The molecule has 3 aromatic rings. The monoisotopic (exact) mass is 564 g/mol. The third kappa shape index (κ3) is 6.63. The Labute approximate surface area is 213 Å². The van der Waals surface area contributed by atoms with Gasteiger partial charge in [-0.3, -0.25) is 4.79 Å². The fourth-order valence-corrected chi connectivity index (χ4v) is 4.20. The summed E-state index contributed by atoms with van der Waals surface area (Å²) in [6, 6.07) is 0.903. The lowest BCUT2D eigenvalue weighted by molar-refractivity contribution is -0.143. The van der Waals surface area contributed by atoms with Gasteiger partial charge < -0.3 is 5.32 Å². The van der Waals surface area contributed by atoms with Crippen molar-refractivity contribution in [3.05, 3.63) is 59.4 Å².